The Labute approximate surface area is 124 Å². The molecule has 0 aromatic heterocycles. The maximum Gasteiger partial charge on any atom is 0.0360 e. The van der Waals surface area contributed by atoms with Gasteiger partial charge in [0, 0.05) is 44.5 Å². The van der Waals surface area contributed by atoms with Crippen molar-refractivity contribution in [2.45, 2.75) is 32.7 Å². The van der Waals surface area contributed by atoms with Gasteiger partial charge in [-0.1, -0.05) is 31.5 Å². The van der Waals surface area contributed by atoms with Gasteiger partial charge in [0.1, 0.15) is 0 Å². The lowest BCUT2D eigenvalue weighted by Gasteiger charge is -2.36. The van der Waals surface area contributed by atoms with Crippen LogP contribution >= 0.6 is 0 Å². The highest BCUT2D eigenvalue weighted by molar-refractivity contribution is 5.43. The number of rotatable bonds is 7. The molecule has 112 valence electrons. The highest BCUT2D eigenvalue weighted by atomic mass is 15.3. The lowest BCUT2D eigenvalue weighted by molar-refractivity contribution is 0.129. The standard InChI is InChI=1S/C17H29N3/c1-3-4-10-19-11-13-20(14-12-19)15-16(2)18-17-8-6-5-7-9-17/h5-9,16,18H,3-4,10-15H2,1-2H3. The van der Waals surface area contributed by atoms with Gasteiger partial charge in [0.05, 0.1) is 0 Å². The first-order valence-corrected chi connectivity index (χ1v) is 8.04. The van der Waals surface area contributed by atoms with E-state index >= 15 is 0 Å². The number of para-hydroxylation sites is 1. The van der Waals surface area contributed by atoms with Crippen LogP contribution in [0.4, 0.5) is 5.69 Å². The van der Waals surface area contributed by atoms with E-state index in [-0.39, 0.29) is 0 Å². The minimum atomic E-state index is 0.500. The second kappa shape index (κ2) is 8.28. The van der Waals surface area contributed by atoms with Crippen LogP contribution in [-0.2, 0) is 0 Å². The highest BCUT2D eigenvalue weighted by Crippen LogP contribution is 2.09. The summed E-state index contributed by atoms with van der Waals surface area (Å²) in [5.74, 6) is 0. The number of unbranched alkanes of at least 4 members (excludes halogenated alkanes) is 1. The van der Waals surface area contributed by atoms with Crippen LogP contribution in [0.3, 0.4) is 0 Å². The van der Waals surface area contributed by atoms with Gasteiger partial charge in [0.25, 0.3) is 0 Å². The molecule has 0 bridgehead atoms. The van der Waals surface area contributed by atoms with Crippen LogP contribution in [0.2, 0.25) is 0 Å². The van der Waals surface area contributed by atoms with E-state index in [9.17, 15) is 0 Å². The first kappa shape index (κ1) is 15.3. The highest BCUT2D eigenvalue weighted by Gasteiger charge is 2.17. The molecule has 2 rings (SSSR count). The molecular weight excluding hydrogens is 246 g/mol. The molecule has 1 heterocycles. The smallest absolute Gasteiger partial charge is 0.0360 e. The quantitative estimate of drug-likeness (QED) is 0.825. The molecule has 1 aromatic rings. The molecule has 1 fully saturated rings. The molecule has 1 saturated heterocycles. The molecule has 1 N–H and O–H groups in total. The van der Waals surface area contributed by atoms with Crippen molar-refractivity contribution in [1.82, 2.24) is 9.80 Å². The Morgan fingerprint density at radius 2 is 1.70 bits per heavy atom. The third-order valence-corrected chi connectivity index (χ3v) is 4.01. The maximum atomic E-state index is 3.58. The topological polar surface area (TPSA) is 18.5 Å². The molecule has 0 radical (unpaired) electrons. The van der Waals surface area contributed by atoms with Crippen molar-refractivity contribution < 1.29 is 0 Å². The van der Waals surface area contributed by atoms with Gasteiger partial charge in [-0.2, -0.15) is 0 Å². The molecular formula is C17H29N3. The fraction of sp³-hybridized carbons (Fsp3) is 0.647. The van der Waals surface area contributed by atoms with Crippen molar-refractivity contribution in [1.29, 1.82) is 0 Å². The van der Waals surface area contributed by atoms with E-state index in [1.165, 1.54) is 51.3 Å². The zero-order chi connectivity index (χ0) is 14.2. The van der Waals surface area contributed by atoms with E-state index in [1.54, 1.807) is 0 Å². The number of nitrogens with one attached hydrogen (secondary N) is 1. The van der Waals surface area contributed by atoms with E-state index in [2.05, 4.69) is 59.3 Å². The maximum absolute atomic E-state index is 3.58. The van der Waals surface area contributed by atoms with E-state index < -0.39 is 0 Å². The summed E-state index contributed by atoms with van der Waals surface area (Å²) in [6.45, 7) is 11.9. The van der Waals surface area contributed by atoms with Crippen molar-refractivity contribution in [2.24, 2.45) is 0 Å². The van der Waals surface area contributed by atoms with Crippen LogP contribution in [0.15, 0.2) is 30.3 Å². The number of benzene rings is 1. The number of anilines is 1. The summed E-state index contributed by atoms with van der Waals surface area (Å²) >= 11 is 0. The zero-order valence-corrected chi connectivity index (χ0v) is 13.0. The fourth-order valence-electron chi connectivity index (χ4n) is 2.83. The largest absolute Gasteiger partial charge is 0.381 e. The number of hydrogen-bond donors (Lipinski definition) is 1. The monoisotopic (exact) mass is 275 g/mol. The Hall–Kier alpha value is -1.06. The van der Waals surface area contributed by atoms with E-state index in [4.69, 9.17) is 0 Å². The second-order valence-corrected chi connectivity index (χ2v) is 5.91. The van der Waals surface area contributed by atoms with Crippen LogP contribution in [0, 0.1) is 0 Å². The Kier molecular flexibility index (Phi) is 6.34. The third-order valence-electron chi connectivity index (χ3n) is 4.01. The molecule has 1 aromatic carbocycles. The van der Waals surface area contributed by atoms with Crippen molar-refractivity contribution in [3.8, 4) is 0 Å². The molecule has 1 unspecified atom stereocenters. The third kappa shape index (κ3) is 5.14. The Morgan fingerprint density at radius 1 is 1.05 bits per heavy atom. The van der Waals surface area contributed by atoms with Gasteiger partial charge < -0.3 is 10.2 Å². The number of nitrogens with zero attached hydrogens (tertiary/aromatic N) is 2. The van der Waals surface area contributed by atoms with Gasteiger partial charge in [-0.15, -0.1) is 0 Å². The summed E-state index contributed by atoms with van der Waals surface area (Å²) < 4.78 is 0. The minimum absolute atomic E-state index is 0.500. The van der Waals surface area contributed by atoms with E-state index in [1.807, 2.05) is 0 Å². The van der Waals surface area contributed by atoms with Gasteiger partial charge in [-0.3, -0.25) is 4.90 Å². The summed E-state index contributed by atoms with van der Waals surface area (Å²) in [7, 11) is 0. The average molecular weight is 275 g/mol. The van der Waals surface area contributed by atoms with Crippen LogP contribution in [-0.4, -0.2) is 55.1 Å². The van der Waals surface area contributed by atoms with Crippen molar-refractivity contribution in [2.75, 3.05) is 44.6 Å². The number of hydrogen-bond acceptors (Lipinski definition) is 3. The lowest BCUT2D eigenvalue weighted by Crippen LogP contribution is -2.49. The molecule has 20 heavy (non-hydrogen) atoms. The molecule has 0 aliphatic carbocycles. The molecule has 1 aliphatic rings. The van der Waals surface area contributed by atoms with Crippen molar-refractivity contribution in [3.63, 3.8) is 0 Å². The summed E-state index contributed by atoms with van der Waals surface area (Å²) in [6, 6.07) is 11.0. The van der Waals surface area contributed by atoms with Gasteiger partial charge in [-0.05, 0) is 32.0 Å². The SMILES string of the molecule is CCCCN1CCN(CC(C)Nc2ccccc2)CC1. The van der Waals surface area contributed by atoms with Crippen molar-refractivity contribution in [3.05, 3.63) is 30.3 Å². The summed E-state index contributed by atoms with van der Waals surface area (Å²) in [4.78, 5) is 5.19. The fourth-order valence-corrected chi connectivity index (χ4v) is 2.83. The van der Waals surface area contributed by atoms with Crippen LogP contribution in [0.1, 0.15) is 26.7 Å². The van der Waals surface area contributed by atoms with Crippen LogP contribution < -0.4 is 5.32 Å². The molecule has 3 nitrogen and oxygen atoms in total. The molecule has 3 heteroatoms. The van der Waals surface area contributed by atoms with Crippen LogP contribution in [0.25, 0.3) is 0 Å². The molecule has 0 saturated carbocycles. The Bertz CT molecular complexity index is 358. The molecule has 0 amide bonds. The zero-order valence-electron chi connectivity index (χ0n) is 13.0. The first-order chi connectivity index (χ1) is 9.78. The molecule has 1 atom stereocenters. The summed E-state index contributed by atoms with van der Waals surface area (Å²) in [5.41, 5.74) is 1.22. The summed E-state index contributed by atoms with van der Waals surface area (Å²) in [5, 5.41) is 3.58. The van der Waals surface area contributed by atoms with Crippen LogP contribution in [0.5, 0.6) is 0 Å². The Morgan fingerprint density at radius 3 is 2.35 bits per heavy atom. The first-order valence-electron chi connectivity index (χ1n) is 8.04. The lowest BCUT2D eigenvalue weighted by atomic mass is 10.2. The summed E-state index contributed by atoms with van der Waals surface area (Å²) in [6.07, 6.45) is 2.64. The van der Waals surface area contributed by atoms with Gasteiger partial charge >= 0.3 is 0 Å². The average Bonchev–Trinajstić information content (AvgIpc) is 2.47. The van der Waals surface area contributed by atoms with Gasteiger partial charge in [0.2, 0.25) is 0 Å². The minimum Gasteiger partial charge on any atom is -0.381 e. The second-order valence-electron chi connectivity index (χ2n) is 5.91. The molecule has 0 spiro atoms. The molecule has 1 aliphatic heterocycles. The predicted octanol–water partition coefficient (Wildman–Crippen LogP) is 2.90. The van der Waals surface area contributed by atoms with Gasteiger partial charge in [-0.25, -0.2) is 0 Å². The Balaban J connectivity index is 1.67. The van der Waals surface area contributed by atoms with Gasteiger partial charge in [0.15, 0.2) is 0 Å². The predicted molar refractivity (Wildman–Crippen MR) is 87.3 cm³/mol. The van der Waals surface area contributed by atoms with Crippen molar-refractivity contribution >= 4 is 5.69 Å². The van der Waals surface area contributed by atoms with E-state index in [0.717, 1.165) is 6.54 Å². The van der Waals surface area contributed by atoms with E-state index in [0.29, 0.717) is 6.04 Å². The number of piperazine rings is 1. The normalized spacial score (nSPS) is 18.9.